The van der Waals surface area contributed by atoms with Crippen molar-refractivity contribution in [1.82, 2.24) is 10.2 Å². The summed E-state index contributed by atoms with van der Waals surface area (Å²) in [6, 6.07) is 13.8. The van der Waals surface area contributed by atoms with Crippen molar-refractivity contribution < 1.29 is 9.59 Å². The highest BCUT2D eigenvalue weighted by Crippen LogP contribution is 2.22. The number of piperazine rings is 1. The van der Waals surface area contributed by atoms with Gasteiger partial charge in [-0.3, -0.25) is 14.5 Å². The van der Waals surface area contributed by atoms with Gasteiger partial charge in [0.2, 0.25) is 11.8 Å². The van der Waals surface area contributed by atoms with Crippen molar-refractivity contribution in [2.24, 2.45) is 0 Å². The molecule has 0 radical (unpaired) electrons. The minimum atomic E-state index is -0.0256. The Balaban J connectivity index is 1.60. The maximum atomic E-state index is 12.1. The Morgan fingerprint density at radius 1 is 1.18 bits per heavy atom. The molecule has 2 aromatic carbocycles. The maximum absolute atomic E-state index is 12.1. The second-order valence-corrected chi connectivity index (χ2v) is 5.45. The Bertz CT molecular complexity index is 694. The molecule has 1 aliphatic rings. The van der Waals surface area contributed by atoms with Gasteiger partial charge in [0.25, 0.3) is 0 Å². The Kier molecular flexibility index (Phi) is 4.34. The molecule has 1 heterocycles. The number of hydrogen-bond donors (Lipinski definition) is 2. The normalized spacial score (nSPS) is 15.5. The number of anilines is 1. The fraction of sp³-hybridized carbons (Fsp3) is 0.294. The molecule has 1 fully saturated rings. The first-order valence-electron chi connectivity index (χ1n) is 7.49. The first kappa shape index (κ1) is 14.5. The number of benzene rings is 2. The van der Waals surface area contributed by atoms with Crippen LogP contribution in [0.5, 0.6) is 0 Å². The number of rotatable bonds is 4. The Morgan fingerprint density at radius 3 is 2.86 bits per heavy atom. The molecular weight excluding hydrogens is 278 g/mol. The molecule has 1 saturated heterocycles. The van der Waals surface area contributed by atoms with E-state index in [-0.39, 0.29) is 11.8 Å². The Morgan fingerprint density at radius 2 is 2.00 bits per heavy atom. The fourth-order valence-corrected chi connectivity index (χ4v) is 2.69. The van der Waals surface area contributed by atoms with E-state index in [2.05, 4.69) is 10.6 Å². The summed E-state index contributed by atoms with van der Waals surface area (Å²) in [6.07, 6.45) is 0.385. The number of nitrogens with zero attached hydrogens (tertiary/aromatic N) is 1. The summed E-state index contributed by atoms with van der Waals surface area (Å²) in [6.45, 7) is 2.43. The van der Waals surface area contributed by atoms with Crippen LogP contribution in [-0.4, -0.2) is 42.9 Å². The van der Waals surface area contributed by atoms with E-state index in [4.69, 9.17) is 0 Å². The van der Waals surface area contributed by atoms with Crippen LogP contribution < -0.4 is 10.6 Å². The summed E-state index contributed by atoms with van der Waals surface area (Å²) >= 11 is 0. The zero-order valence-electron chi connectivity index (χ0n) is 12.3. The average Bonchev–Trinajstić information content (AvgIpc) is 2.53. The van der Waals surface area contributed by atoms with Crippen LogP contribution >= 0.6 is 0 Å². The van der Waals surface area contributed by atoms with Gasteiger partial charge in [-0.2, -0.15) is 0 Å². The van der Waals surface area contributed by atoms with Crippen LogP contribution in [0.4, 0.5) is 5.69 Å². The smallest absolute Gasteiger partial charge is 0.234 e. The molecule has 0 saturated carbocycles. The first-order valence-corrected chi connectivity index (χ1v) is 7.49. The molecule has 2 aromatic rings. The predicted octanol–water partition coefficient (Wildman–Crippen LogP) is 1.60. The van der Waals surface area contributed by atoms with Gasteiger partial charge < -0.3 is 10.6 Å². The van der Waals surface area contributed by atoms with Gasteiger partial charge in [-0.15, -0.1) is 0 Å². The molecule has 22 heavy (non-hydrogen) atoms. The standard InChI is InChI=1S/C17H19N3O2/c21-16(8-10-20-11-9-18-17(22)12-20)19-15-7-3-5-13-4-1-2-6-14(13)15/h1-7H,8-12H2,(H,18,22)(H,19,21). The van der Waals surface area contributed by atoms with Crippen molar-refractivity contribution in [3.8, 4) is 0 Å². The third-order valence-electron chi connectivity index (χ3n) is 3.84. The van der Waals surface area contributed by atoms with Gasteiger partial charge in [0.1, 0.15) is 0 Å². The summed E-state index contributed by atoms with van der Waals surface area (Å²) in [5, 5.41) is 7.89. The predicted molar refractivity (Wildman–Crippen MR) is 86.6 cm³/mol. The lowest BCUT2D eigenvalue weighted by atomic mass is 10.1. The van der Waals surface area contributed by atoms with Crippen molar-refractivity contribution in [1.29, 1.82) is 0 Å². The van der Waals surface area contributed by atoms with Crippen LogP contribution in [0.2, 0.25) is 0 Å². The van der Waals surface area contributed by atoms with Crippen molar-refractivity contribution in [2.45, 2.75) is 6.42 Å². The molecule has 5 nitrogen and oxygen atoms in total. The van der Waals surface area contributed by atoms with Gasteiger partial charge >= 0.3 is 0 Å². The van der Waals surface area contributed by atoms with E-state index in [9.17, 15) is 9.59 Å². The van der Waals surface area contributed by atoms with Gasteiger partial charge in [-0.1, -0.05) is 36.4 Å². The van der Waals surface area contributed by atoms with Crippen molar-refractivity contribution in [2.75, 3.05) is 31.5 Å². The topological polar surface area (TPSA) is 61.4 Å². The Labute approximate surface area is 129 Å². The number of carbonyl (C=O) groups is 2. The Hall–Kier alpha value is -2.40. The number of fused-ring (bicyclic) bond motifs is 1. The van der Waals surface area contributed by atoms with Gasteiger partial charge in [-0.25, -0.2) is 0 Å². The van der Waals surface area contributed by atoms with Crippen molar-refractivity contribution in [3.63, 3.8) is 0 Å². The highest BCUT2D eigenvalue weighted by atomic mass is 16.2. The van der Waals surface area contributed by atoms with E-state index in [1.54, 1.807) is 0 Å². The summed E-state index contributed by atoms with van der Waals surface area (Å²) in [5.74, 6) is 0.00282. The van der Waals surface area contributed by atoms with Crippen LogP contribution in [0.15, 0.2) is 42.5 Å². The van der Waals surface area contributed by atoms with Gasteiger partial charge in [0.05, 0.1) is 6.54 Å². The highest BCUT2D eigenvalue weighted by molar-refractivity contribution is 6.02. The summed E-state index contributed by atoms with van der Waals surface area (Å²) < 4.78 is 0. The van der Waals surface area contributed by atoms with Crippen LogP contribution in [-0.2, 0) is 9.59 Å². The lowest BCUT2D eigenvalue weighted by Gasteiger charge is -2.26. The van der Waals surface area contributed by atoms with Crippen molar-refractivity contribution in [3.05, 3.63) is 42.5 Å². The maximum Gasteiger partial charge on any atom is 0.234 e. The number of amides is 2. The van der Waals surface area contributed by atoms with Crippen LogP contribution in [0.1, 0.15) is 6.42 Å². The first-order chi connectivity index (χ1) is 10.7. The summed E-state index contributed by atoms with van der Waals surface area (Å²) in [7, 11) is 0. The van der Waals surface area contributed by atoms with Crippen LogP contribution in [0.3, 0.4) is 0 Å². The molecule has 114 valence electrons. The monoisotopic (exact) mass is 297 g/mol. The summed E-state index contributed by atoms with van der Waals surface area (Å²) in [5.41, 5.74) is 0.833. The molecule has 0 spiro atoms. The second-order valence-electron chi connectivity index (χ2n) is 5.45. The zero-order chi connectivity index (χ0) is 15.4. The second kappa shape index (κ2) is 6.58. The molecular formula is C17H19N3O2. The molecule has 1 aliphatic heterocycles. The number of nitrogens with one attached hydrogen (secondary N) is 2. The van der Waals surface area contributed by atoms with E-state index in [0.717, 1.165) is 23.0 Å². The largest absolute Gasteiger partial charge is 0.354 e. The van der Waals surface area contributed by atoms with E-state index in [1.165, 1.54) is 0 Å². The molecule has 0 bridgehead atoms. The lowest BCUT2D eigenvalue weighted by molar-refractivity contribution is -0.125. The molecule has 0 aliphatic carbocycles. The van der Waals surface area contributed by atoms with Gasteiger partial charge in [-0.05, 0) is 11.5 Å². The number of carbonyl (C=O) groups excluding carboxylic acids is 2. The SMILES string of the molecule is O=C1CN(CCC(=O)Nc2cccc3ccccc23)CCN1. The fourth-order valence-electron chi connectivity index (χ4n) is 2.69. The van der Waals surface area contributed by atoms with Crippen molar-refractivity contribution >= 4 is 28.3 Å². The third kappa shape index (κ3) is 3.43. The molecule has 0 atom stereocenters. The van der Waals surface area contributed by atoms with Crippen LogP contribution in [0, 0.1) is 0 Å². The third-order valence-corrected chi connectivity index (χ3v) is 3.84. The zero-order valence-corrected chi connectivity index (χ0v) is 12.3. The highest BCUT2D eigenvalue weighted by Gasteiger charge is 2.16. The minimum Gasteiger partial charge on any atom is -0.354 e. The van der Waals surface area contributed by atoms with E-state index >= 15 is 0 Å². The molecule has 2 N–H and O–H groups in total. The molecule has 0 aromatic heterocycles. The van der Waals surface area contributed by atoms with Crippen LogP contribution in [0.25, 0.3) is 10.8 Å². The molecule has 0 unspecified atom stereocenters. The van der Waals surface area contributed by atoms with Gasteiger partial charge in [0, 0.05) is 37.1 Å². The molecule has 3 rings (SSSR count). The number of hydrogen-bond acceptors (Lipinski definition) is 3. The molecule has 5 heteroatoms. The van der Waals surface area contributed by atoms with E-state index in [0.29, 0.717) is 26.1 Å². The van der Waals surface area contributed by atoms with E-state index in [1.807, 2.05) is 47.4 Å². The summed E-state index contributed by atoms with van der Waals surface area (Å²) in [4.78, 5) is 25.4. The lowest BCUT2D eigenvalue weighted by Crippen LogP contribution is -2.48. The quantitative estimate of drug-likeness (QED) is 0.901. The van der Waals surface area contributed by atoms with E-state index < -0.39 is 0 Å². The average molecular weight is 297 g/mol. The minimum absolute atomic E-state index is 0.0256. The van der Waals surface area contributed by atoms with Gasteiger partial charge in [0.15, 0.2) is 0 Å². The molecule has 2 amide bonds.